The standard InChI is InChI=1S/C6H10N4O2/c1-3-5-6(10(11)12)9(4-2)8-7-5/h3-4H2,1-2H3. The van der Waals surface area contributed by atoms with Gasteiger partial charge in [0.25, 0.3) is 0 Å². The highest BCUT2D eigenvalue weighted by Crippen LogP contribution is 2.15. The Morgan fingerprint density at radius 1 is 1.58 bits per heavy atom. The summed E-state index contributed by atoms with van der Waals surface area (Å²) in [4.78, 5) is 10.1. The molecule has 1 heterocycles. The van der Waals surface area contributed by atoms with E-state index in [0.717, 1.165) is 0 Å². The van der Waals surface area contributed by atoms with E-state index in [2.05, 4.69) is 10.3 Å². The van der Waals surface area contributed by atoms with Gasteiger partial charge in [0, 0.05) is 5.21 Å². The van der Waals surface area contributed by atoms with Gasteiger partial charge in [-0.3, -0.25) is 0 Å². The van der Waals surface area contributed by atoms with Crippen molar-refractivity contribution in [2.24, 2.45) is 0 Å². The van der Waals surface area contributed by atoms with Crippen molar-refractivity contribution in [3.8, 4) is 0 Å². The average molecular weight is 170 g/mol. The van der Waals surface area contributed by atoms with Crippen LogP contribution >= 0.6 is 0 Å². The molecule has 66 valence electrons. The van der Waals surface area contributed by atoms with Crippen molar-refractivity contribution in [3.63, 3.8) is 0 Å². The van der Waals surface area contributed by atoms with Crippen molar-refractivity contribution in [2.75, 3.05) is 0 Å². The first kappa shape index (κ1) is 8.63. The van der Waals surface area contributed by atoms with Crippen LogP contribution in [-0.4, -0.2) is 19.9 Å². The van der Waals surface area contributed by atoms with Gasteiger partial charge in [0.15, 0.2) is 5.69 Å². The van der Waals surface area contributed by atoms with E-state index in [1.165, 1.54) is 4.68 Å². The highest BCUT2D eigenvalue weighted by atomic mass is 16.6. The Morgan fingerprint density at radius 3 is 2.67 bits per heavy atom. The van der Waals surface area contributed by atoms with Crippen molar-refractivity contribution in [3.05, 3.63) is 15.8 Å². The molecule has 1 aromatic rings. The third-order valence-electron chi connectivity index (χ3n) is 1.58. The molecule has 1 rings (SSSR count). The van der Waals surface area contributed by atoms with Crippen molar-refractivity contribution >= 4 is 5.82 Å². The summed E-state index contributed by atoms with van der Waals surface area (Å²) >= 11 is 0. The Morgan fingerprint density at radius 2 is 2.25 bits per heavy atom. The molecule has 0 aromatic carbocycles. The van der Waals surface area contributed by atoms with E-state index in [0.29, 0.717) is 18.7 Å². The van der Waals surface area contributed by atoms with Crippen molar-refractivity contribution in [2.45, 2.75) is 26.8 Å². The molecule has 12 heavy (non-hydrogen) atoms. The molecule has 0 unspecified atom stereocenters. The fourth-order valence-corrected chi connectivity index (χ4v) is 0.985. The summed E-state index contributed by atoms with van der Waals surface area (Å²) in [6.45, 7) is 4.08. The van der Waals surface area contributed by atoms with E-state index in [1.807, 2.05) is 6.92 Å². The molecule has 0 saturated heterocycles. The topological polar surface area (TPSA) is 73.8 Å². The van der Waals surface area contributed by atoms with Gasteiger partial charge >= 0.3 is 5.82 Å². The maximum absolute atomic E-state index is 10.5. The van der Waals surface area contributed by atoms with E-state index in [1.54, 1.807) is 6.92 Å². The van der Waals surface area contributed by atoms with Crippen LogP contribution in [0, 0.1) is 10.1 Å². The predicted molar refractivity (Wildman–Crippen MR) is 41.7 cm³/mol. The number of rotatable bonds is 3. The quantitative estimate of drug-likeness (QED) is 0.496. The minimum absolute atomic E-state index is 0.0139. The zero-order valence-corrected chi connectivity index (χ0v) is 7.02. The largest absolute Gasteiger partial charge is 0.368 e. The summed E-state index contributed by atoms with van der Waals surface area (Å²) in [6, 6.07) is 0. The molecule has 0 spiro atoms. The van der Waals surface area contributed by atoms with Crippen LogP contribution in [0.25, 0.3) is 0 Å². The molecule has 6 heteroatoms. The molecule has 0 radical (unpaired) electrons. The molecule has 1 aromatic heterocycles. The number of hydrogen-bond donors (Lipinski definition) is 0. The van der Waals surface area contributed by atoms with Gasteiger partial charge in [-0.05, 0) is 18.3 Å². The zero-order valence-electron chi connectivity index (χ0n) is 7.02. The summed E-state index contributed by atoms with van der Waals surface area (Å²) in [5.74, 6) is 0.0139. The van der Waals surface area contributed by atoms with E-state index in [-0.39, 0.29) is 5.82 Å². The van der Waals surface area contributed by atoms with Gasteiger partial charge in [0.2, 0.25) is 0 Å². The lowest BCUT2D eigenvalue weighted by atomic mass is 10.3. The predicted octanol–water partition coefficient (Wildman–Crippen LogP) is 0.769. The summed E-state index contributed by atoms with van der Waals surface area (Å²) < 4.78 is 1.29. The summed E-state index contributed by atoms with van der Waals surface area (Å²) in [6.07, 6.45) is 0.538. The van der Waals surface area contributed by atoms with Crippen LogP contribution in [0.2, 0.25) is 0 Å². The normalized spacial score (nSPS) is 10.2. The zero-order chi connectivity index (χ0) is 9.14. The second-order valence-electron chi connectivity index (χ2n) is 2.29. The molecule has 0 fully saturated rings. The molecular formula is C6H10N4O2. The van der Waals surface area contributed by atoms with E-state index in [9.17, 15) is 10.1 Å². The molecule has 6 nitrogen and oxygen atoms in total. The molecule has 0 aliphatic rings. The minimum Gasteiger partial charge on any atom is -0.358 e. The Hall–Kier alpha value is -1.46. The van der Waals surface area contributed by atoms with Gasteiger partial charge in [0.05, 0.1) is 0 Å². The maximum Gasteiger partial charge on any atom is 0.368 e. The van der Waals surface area contributed by atoms with Crippen LogP contribution < -0.4 is 0 Å². The monoisotopic (exact) mass is 170 g/mol. The van der Waals surface area contributed by atoms with Gasteiger partial charge in [-0.15, -0.1) is 9.78 Å². The van der Waals surface area contributed by atoms with Gasteiger partial charge in [-0.1, -0.05) is 6.92 Å². The lowest BCUT2D eigenvalue weighted by Crippen LogP contribution is -2.03. The molecule has 0 atom stereocenters. The van der Waals surface area contributed by atoms with Gasteiger partial charge < -0.3 is 10.1 Å². The minimum atomic E-state index is -0.442. The van der Waals surface area contributed by atoms with Crippen LogP contribution in [0.15, 0.2) is 0 Å². The Balaban J connectivity index is 3.16. The Kier molecular flexibility index (Phi) is 2.37. The second-order valence-corrected chi connectivity index (χ2v) is 2.29. The van der Waals surface area contributed by atoms with Crippen LogP contribution in [0.1, 0.15) is 19.5 Å². The molecule has 0 amide bonds. The molecule has 0 saturated carbocycles. The third kappa shape index (κ3) is 1.27. The average Bonchev–Trinajstić information content (AvgIpc) is 2.46. The molecular weight excluding hydrogens is 160 g/mol. The second kappa shape index (κ2) is 3.29. The maximum atomic E-state index is 10.5. The highest BCUT2D eigenvalue weighted by molar-refractivity contribution is 5.24. The highest BCUT2D eigenvalue weighted by Gasteiger charge is 2.20. The van der Waals surface area contributed by atoms with Crippen molar-refractivity contribution in [1.29, 1.82) is 0 Å². The Bertz CT molecular complexity index is 272. The van der Waals surface area contributed by atoms with Crippen LogP contribution in [0.4, 0.5) is 5.82 Å². The van der Waals surface area contributed by atoms with Crippen LogP contribution in [0.3, 0.4) is 0 Å². The van der Waals surface area contributed by atoms with Crippen LogP contribution in [0.5, 0.6) is 0 Å². The lowest BCUT2D eigenvalue weighted by molar-refractivity contribution is -0.393. The summed E-state index contributed by atoms with van der Waals surface area (Å²) in [5, 5.41) is 17.9. The lowest BCUT2D eigenvalue weighted by Gasteiger charge is -1.94. The van der Waals surface area contributed by atoms with Gasteiger partial charge in [-0.2, -0.15) is 0 Å². The summed E-state index contributed by atoms with van der Waals surface area (Å²) in [5.41, 5.74) is 0.446. The molecule has 0 aliphatic carbocycles. The van der Waals surface area contributed by atoms with Crippen molar-refractivity contribution < 1.29 is 4.92 Å². The molecule has 0 N–H and O–H groups in total. The van der Waals surface area contributed by atoms with Crippen molar-refractivity contribution in [1.82, 2.24) is 15.0 Å². The molecule has 0 bridgehead atoms. The van der Waals surface area contributed by atoms with E-state index >= 15 is 0 Å². The molecule has 0 aliphatic heterocycles. The number of aromatic nitrogens is 3. The summed E-state index contributed by atoms with van der Waals surface area (Å²) in [7, 11) is 0. The Labute approximate surface area is 69.3 Å². The smallest absolute Gasteiger partial charge is 0.358 e. The fourth-order valence-electron chi connectivity index (χ4n) is 0.985. The van der Waals surface area contributed by atoms with Gasteiger partial charge in [-0.25, -0.2) is 0 Å². The fraction of sp³-hybridized carbons (Fsp3) is 0.667. The van der Waals surface area contributed by atoms with E-state index in [4.69, 9.17) is 0 Å². The third-order valence-corrected chi connectivity index (χ3v) is 1.58. The number of hydrogen-bond acceptors (Lipinski definition) is 4. The van der Waals surface area contributed by atoms with E-state index < -0.39 is 4.92 Å². The number of nitro groups is 1. The SMILES string of the molecule is CCc1nnn(CC)c1[N+](=O)[O-]. The number of aryl methyl sites for hydroxylation is 2. The number of nitrogens with zero attached hydrogens (tertiary/aromatic N) is 4. The van der Waals surface area contributed by atoms with Crippen LogP contribution in [-0.2, 0) is 13.0 Å². The first-order valence-corrected chi connectivity index (χ1v) is 3.77. The first-order chi connectivity index (χ1) is 5.70. The van der Waals surface area contributed by atoms with Gasteiger partial charge in [0.1, 0.15) is 6.54 Å². The first-order valence-electron chi connectivity index (χ1n) is 3.77.